The van der Waals surface area contributed by atoms with E-state index >= 15 is 0 Å². The molecule has 0 aliphatic carbocycles. The first-order valence-corrected chi connectivity index (χ1v) is 7.41. The van der Waals surface area contributed by atoms with E-state index < -0.39 is 5.60 Å². The van der Waals surface area contributed by atoms with Gasteiger partial charge in [-0.15, -0.1) is 11.3 Å². The lowest BCUT2D eigenvalue weighted by Crippen LogP contribution is -2.23. The number of esters is 1. The standard InChI is InChI=1S/C14H15BrO3S/c1-14(2,3)18-13(16)12-6-8-5-9(15)10(17-4)7-11(8)19-12/h5-7H,1-4H3. The van der Waals surface area contributed by atoms with Crippen LogP contribution >= 0.6 is 27.3 Å². The van der Waals surface area contributed by atoms with Gasteiger partial charge in [-0.3, -0.25) is 0 Å². The molecule has 1 aromatic carbocycles. The van der Waals surface area contributed by atoms with Crippen molar-refractivity contribution in [3.8, 4) is 5.75 Å². The molecule has 5 heteroatoms. The third-order valence-electron chi connectivity index (χ3n) is 2.39. The summed E-state index contributed by atoms with van der Waals surface area (Å²) in [7, 11) is 1.62. The number of rotatable bonds is 2. The van der Waals surface area contributed by atoms with Crippen LogP contribution < -0.4 is 4.74 Å². The van der Waals surface area contributed by atoms with Crippen molar-refractivity contribution in [3.63, 3.8) is 0 Å². The van der Waals surface area contributed by atoms with E-state index in [-0.39, 0.29) is 5.97 Å². The van der Waals surface area contributed by atoms with Gasteiger partial charge in [-0.2, -0.15) is 0 Å². The zero-order valence-corrected chi connectivity index (χ0v) is 13.6. The Labute approximate surface area is 124 Å². The van der Waals surface area contributed by atoms with Gasteiger partial charge in [-0.05, 0) is 60.3 Å². The Bertz CT molecular complexity index is 625. The average molecular weight is 343 g/mol. The number of hydrogen-bond donors (Lipinski definition) is 0. The highest BCUT2D eigenvalue weighted by Crippen LogP contribution is 2.35. The van der Waals surface area contributed by atoms with Crippen LogP contribution in [0.1, 0.15) is 30.4 Å². The zero-order chi connectivity index (χ0) is 14.2. The first-order valence-electron chi connectivity index (χ1n) is 5.80. The fourth-order valence-electron chi connectivity index (χ4n) is 1.63. The first kappa shape index (κ1) is 14.3. The average Bonchev–Trinajstić information content (AvgIpc) is 2.68. The van der Waals surface area contributed by atoms with Crippen molar-refractivity contribution in [1.82, 2.24) is 0 Å². The number of carbonyl (C=O) groups excluding carboxylic acids is 1. The molecule has 0 saturated carbocycles. The Balaban J connectivity index is 2.39. The first-order chi connectivity index (χ1) is 8.80. The van der Waals surface area contributed by atoms with Crippen molar-refractivity contribution in [2.24, 2.45) is 0 Å². The molecule has 0 amide bonds. The number of methoxy groups -OCH3 is 1. The van der Waals surface area contributed by atoms with Crippen LogP contribution in [0.5, 0.6) is 5.75 Å². The van der Waals surface area contributed by atoms with Crippen LogP contribution in [0.4, 0.5) is 0 Å². The maximum atomic E-state index is 12.0. The van der Waals surface area contributed by atoms with E-state index in [0.29, 0.717) is 4.88 Å². The second kappa shape index (κ2) is 5.13. The molecule has 2 rings (SSSR count). The lowest BCUT2D eigenvalue weighted by atomic mass is 10.2. The molecule has 0 N–H and O–H groups in total. The van der Waals surface area contributed by atoms with Gasteiger partial charge in [0.2, 0.25) is 0 Å². The number of ether oxygens (including phenoxy) is 2. The summed E-state index contributed by atoms with van der Waals surface area (Å²) in [5.41, 5.74) is -0.481. The molecule has 0 radical (unpaired) electrons. The molecule has 0 fully saturated rings. The van der Waals surface area contributed by atoms with Crippen molar-refractivity contribution in [3.05, 3.63) is 27.5 Å². The van der Waals surface area contributed by atoms with Crippen LogP contribution in [0, 0.1) is 0 Å². The Morgan fingerprint density at radius 3 is 2.53 bits per heavy atom. The highest BCUT2D eigenvalue weighted by Gasteiger charge is 2.20. The highest BCUT2D eigenvalue weighted by atomic mass is 79.9. The van der Waals surface area contributed by atoms with Crippen molar-refractivity contribution in [1.29, 1.82) is 0 Å². The molecular weight excluding hydrogens is 328 g/mol. The van der Waals surface area contributed by atoms with Gasteiger partial charge in [0.25, 0.3) is 0 Å². The van der Waals surface area contributed by atoms with Gasteiger partial charge < -0.3 is 9.47 Å². The van der Waals surface area contributed by atoms with Gasteiger partial charge in [-0.1, -0.05) is 0 Å². The largest absolute Gasteiger partial charge is 0.496 e. The molecule has 0 atom stereocenters. The fraction of sp³-hybridized carbons (Fsp3) is 0.357. The molecule has 0 spiro atoms. The lowest BCUT2D eigenvalue weighted by molar-refractivity contribution is 0.00753. The van der Waals surface area contributed by atoms with Crippen LogP contribution in [0.15, 0.2) is 22.7 Å². The Kier molecular flexibility index (Phi) is 3.87. The monoisotopic (exact) mass is 342 g/mol. The van der Waals surface area contributed by atoms with Gasteiger partial charge in [0.05, 0.1) is 11.6 Å². The van der Waals surface area contributed by atoms with Crippen LogP contribution in [-0.4, -0.2) is 18.7 Å². The van der Waals surface area contributed by atoms with Crippen molar-refractivity contribution in [2.75, 3.05) is 7.11 Å². The Hall–Kier alpha value is -1.07. The molecule has 0 aliphatic rings. The smallest absolute Gasteiger partial charge is 0.348 e. The summed E-state index contributed by atoms with van der Waals surface area (Å²) >= 11 is 4.85. The van der Waals surface area contributed by atoms with E-state index in [0.717, 1.165) is 20.3 Å². The van der Waals surface area contributed by atoms with E-state index in [1.807, 2.05) is 39.0 Å². The summed E-state index contributed by atoms with van der Waals surface area (Å²) in [6.07, 6.45) is 0. The van der Waals surface area contributed by atoms with Crippen LogP contribution in [-0.2, 0) is 4.74 Å². The summed E-state index contributed by atoms with van der Waals surface area (Å²) in [4.78, 5) is 12.6. The zero-order valence-electron chi connectivity index (χ0n) is 11.2. The molecule has 0 saturated heterocycles. The molecule has 19 heavy (non-hydrogen) atoms. The molecule has 102 valence electrons. The number of benzene rings is 1. The van der Waals surface area contributed by atoms with Crippen LogP contribution in [0.2, 0.25) is 0 Å². The maximum absolute atomic E-state index is 12.0. The predicted octanol–water partition coefficient (Wildman–Crippen LogP) is 4.63. The molecular formula is C14H15BrO3S. The summed E-state index contributed by atoms with van der Waals surface area (Å²) in [6, 6.07) is 5.70. The molecule has 0 unspecified atom stereocenters. The number of thiophene rings is 1. The molecule has 0 bridgehead atoms. The van der Waals surface area contributed by atoms with Gasteiger partial charge in [0.15, 0.2) is 0 Å². The fourth-order valence-corrected chi connectivity index (χ4v) is 3.10. The normalized spacial score (nSPS) is 11.6. The minimum absolute atomic E-state index is 0.288. The minimum Gasteiger partial charge on any atom is -0.496 e. The van der Waals surface area contributed by atoms with E-state index in [1.54, 1.807) is 7.11 Å². The topological polar surface area (TPSA) is 35.5 Å². The predicted molar refractivity (Wildman–Crippen MR) is 81.2 cm³/mol. The lowest BCUT2D eigenvalue weighted by Gasteiger charge is -2.18. The molecule has 1 heterocycles. The van der Waals surface area contributed by atoms with Gasteiger partial charge in [0, 0.05) is 4.70 Å². The number of halogens is 1. The third-order valence-corrected chi connectivity index (χ3v) is 4.09. The van der Waals surface area contributed by atoms with Crippen LogP contribution in [0.3, 0.4) is 0 Å². The van der Waals surface area contributed by atoms with E-state index in [2.05, 4.69) is 15.9 Å². The summed E-state index contributed by atoms with van der Waals surface area (Å²) in [6.45, 7) is 5.58. The molecule has 1 aromatic heterocycles. The maximum Gasteiger partial charge on any atom is 0.348 e. The van der Waals surface area contributed by atoms with E-state index in [9.17, 15) is 4.79 Å². The summed E-state index contributed by atoms with van der Waals surface area (Å²) in [5.74, 6) is 0.467. The van der Waals surface area contributed by atoms with Crippen molar-refractivity contribution >= 4 is 43.3 Å². The second-order valence-electron chi connectivity index (χ2n) is 5.14. The van der Waals surface area contributed by atoms with Gasteiger partial charge in [0.1, 0.15) is 16.2 Å². The number of hydrogen-bond acceptors (Lipinski definition) is 4. The van der Waals surface area contributed by atoms with Gasteiger partial charge >= 0.3 is 5.97 Å². The third kappa shape index (κ3) is 3.28. The molecule has 3 nitrogen and oxygen atoms in total. The van der Waals surface area contributed by atoms with Crippen molar-refractivity contribution in [2.45, 2.75) is 26.4 Å². The van der Waals surface area contributed by atoms with Crippen LogP contribution in [0.25, 0.3) is 10.1 Å². The van der Waals surface area contributed by atoms with Crippen molar-refractivity contribution < 1.29 is 14.3 Å². The number of carbonyl (C=O) groups is 1. The Morgan fingerprint density at radius 1 is 1.26 bits per heavy atom. The summed E-state index contributed by atoms with van der Waals surface area (Å²) < 4.78 is 12.5. The summed E-state index contributed by atoms with van der Waals surface area (Å²) in [5, 5.41) is 0.999. The SMILES string of the molecule is COc1cc2sc(C(=O)OC(C)(C)C)cc2cc1Br. The highest BCUT2D eigenvalue weighted by molar-refractivity contribution is 9.10. The second-order valence-corrected chi connectivity index (χ2v) is 7.08. The minimum atomic E-state index is -0.481. The van der Waals surface area contributed by atoms with Gasteiger partial charge in [-0.25, -0.2) is 4.79 Å². The van der Waals surface area contributed by atoms with E-state index in [4.69, 9.17) is 9.47 Å². The molecule has 0 aliphatic heterocycles. The number of fused-ring (bicyclic) bond motifs is 1. The van der Waals surface area contributed by atoms with E-state index in [1.165, 1.54) is 11.3 Å². The quantitative estimate of drug-likeness (QED) is 0.746. The Morgan fingerprint density at radius 2 is 1.95 bits per heavy atom. The molecule has 2 aromatic rings.